The molecule has 0 aliphatic rings. The quantitative estimate of drug-likeness (QED) is 0.366. The number of rotatable bonds is 5. The van der Waals surface area contributed by atoms with E-state index >= 15 is 0 Å². The van der Waals surface area contributed by atoms with E-state index in [-0.39, 0.29) is 5.82 Å². The summed E-state index contributed by atoms with van der Waals surface area (Å²) in [6.07, 6.45) is 3.70. The van der Waals surface area contributed by atoms with Gasteiger partial charge in [-0.3, -0.25) is 5.43 Å². The maximum atomic E-state index is 12.8. The Hall–Kier alpha value is -1.49. The average Bonchev–Trinajstić information content (AvgIpc) is 2.29. The molecule has 0 atom stereocenters. The minimum atomic E-state index is -0.280. The zero-order valence-corrected chi connectivity index (χ0v) is 10.6. The SMILES string of the molecule is CCCCNC(=S)N/N=C\c1cccc(F)c1. The highest BCUT2D eigenvalue weighted by atomic mass is 32.1. The van der Waals surface area contributed by atoms with E-state index in [0.717, 1.165) is 19.4 Å². The van der Waals surface area contributed by atoms with Gasteiger partial charge in [0.15, 0.2) is 5.11 Å². The van der Waals surface area contributed by atoms with E-state index in [0.29, 0.717) is 10.7 Å². The summed E-state index contributed by atoms with van der Waals surface area (Å²) in [6, 6.07) is 6.19. The Kier molecular flexibility index (Phi) is 6.17. The third-order valence-electron chi connectivity index (χ3n) is 2.04. The largest absolute Gasteiger partial charge is 0.361 e. The molecular weight excluding hydrogens is 237 g/mol. The van der Waals surface area contributed by atoms with Gasteiger partial charge in [-0.2, -0.15) is 5.10 Å². The van der Waals surface area contributed by atoms with Gasteiger partial charge in [-0.05, 0) is 36.3 Å². The highest BCUT2D eigenvalue weighted by Gasteiger charge is 1.92. The second-order valence-corrected chi connectivity index (χ2v) is 3.94. The van der Waals surface area contributed by atoms with Crippen molar-refractivity contribution in [1.29, 1.82) is 0 Å². The Labute approximate surface area is 106 Å². The van der Waals surface area contributed by atoms with Crippen molar-refractivity contribution in [2.24, 2.45) is 5.10 Å². The zero-order valence-electron chi connectivity index (χ0n) is 9.74. The molecule has 0 saturated carbocycles. The van der Waals surface area contributed by atoms with Gasteiger partial charge in [-0.15, -0.1) is 0 Å². The summed E-state index contributed by atoms with van der Waals surface area (Å²) < 4.78 is 12.8. The summed E-state index contributed by atoms with van der Waals surface area (Å²) in [6.45, 7) is 2.94. The third-order valence-corrected chi connectivity index (χ3v) is 2.28. The lowest BCUT2D eigenvalue weighted by molar-refractivity contribution is 0.627. The number of hydrogen-bond donors (Lipinski definition) is 2. The number of hydrazone groups is 1. The molecule has 0 unspecified atom stereocenters. The van der Waals surface area contributed by atoms with Gasteiger partial charge in [0, 0.05) is 6.54 Å². The molecule has 0 heterocycles. The fourth-order valence-electron chi connectivity index (χ4n) is 1.17. The molecule has 0 bridgehead atoms. The topological polar surface area (TPSA) is 36.4 Å². The van der Waals surface area contributed by atoms with Crippen LogP contribution < -0.4 is 10.7 Å². The van der Waals surface area contributed by atoms with Gasteiger partial charge in [0.25, 0.3) is 0 Å². The molecule has 0 aromatic heterocycles. The Bertz CT molecular complexity index is 393. The van der Waals surface area contributed by atoms with Crippen molar-refractivity contribution < 1.29 is 4.39 Å². The number of unbranched alkanes of at least 4 members (excludes halogenated alkanes) is 1. The van der Waals surface area contributed by atoms with Crippen molar-refractivity contribution in [3.05, 3.63) is 35.6 Å². The summed E-state index contributed by atoms with van der Waals surface area (Å²) in [4.78, 5) is 0. The first-order valence-corrected chi connectivity index (χ1v) is 5.95. The molecular formula is C12H16FN3S. The lowest BCUT2D eigenvalue weighted by Crippen LogP contribution is -2.32. The van der Waals surface area contributed by atoms with E-state index < -0.39 is 0 Å². The molecule has 1 aromatic rings. The van der Waals surface area contributed by atoms with Gasteiger partial charge in [0.05, 0.1) is 6.21 Å². The van der Waals surface area contributed by atoms with E-state index in [1.165, 1.54) is 18.3 Å². The van der Waals surface area contributed by atoms with Gasteiger partial charge in [0.2, 0.25) is 0 Å². The molecule has 0 fully saturated rings. The normalized spacial score (nSPS) is 10.5. The van der Waals surface area contributed by atoms with Gasteiger partial charge < -0.3 is 5.32 Å². The Morgan fingerprint density at radius 2 is 2.35 bits per heavy atom. The van der Waals surface area contributed by atoms with Crippen LogP contribution >= 0.6 is 12.2 Å². The molecule has 0 radical (unpaired) electrons. The fraction of sp³-hybridized carbons (Fsp3) is 0.333. The first kappa shape index (κ1) is 13.6. The van der Waals surface area contributed by atoms with Gasteiger partial charge in [0.1, 0.15) is 5.82 Å². The zero-order chi connectivity index (χ0) is 12.5. The summed E-state index contributed by atoms with van der Waals surface area (Å²) in [7, 11) is 0. The van der Waals surface area contributed by atoms with Gasteiger partial charge in [-0.1, -0.05) is 25.5 Å². The van der Waals surface area contributed by atoms with Crippen LogP contribution in [0.3, 0.4) is 0 Å². The van der Waals surface area contributed by atoms with E-state index in [4.69, 9.17) is 12.2 Å². The van der Waals surface area contributed by atoms with Crippen LogP contribution in [0.5, 0.6) is 0 Å². The predicted molar refractivity (Wildman–Crippen MR) is 72.6 cm³/mol. The molecule has 0 saturated heterocycles. The number of nitrogens with zero attached hydrogens (tertiary/aromatic N) is 1. The molecule has 1 aromatic carbocycles. The van der Waals surface area contributed by atoms with Crippen molar-refractivity contribution >= 4 is 23.5 Å². The highest BCUT2D eigenvalue weighted by Crippen LogP contribution is 1.99. The Morgan fingerprint density at radius 3 is 3.06 bits per heavy atom. The smallest absolute Gasteiger partial charge is 0.186 e. The number of halogens is 1. The van der Waals surface area contributed by atoms with Crippen LogP contribution in [-0.4, -0.2) is 17.9 Å². The van der Waals surface area contributed by atoms with Crippen LogP contribution in [0.1, 0.15) is 25.3 Å². The molecule has 17 heavy (non-hydrogen) atoms. The van der Waals surface area contributed by atoms with Crippen molar-refractivity contribution in [3.8, 4) is 0 Å². The monoisotopic (exact) mass is 253 g/mol. The van der Waals surface area contributed by atoms with Crippen molar-refractivity contribution in [2.75, 3.05) is 6.54 Å². The summed E-state index contributed by atoms with van der Waals surface area (Å²) in [5, 5.41) is 7.41. The molecule has 0 spiro atoms. The van der Waals surface area contributed by atoms with Crippen LogP contribution in [0.4, 0.5) is 4.39 Å². The van der Waals surface area contributed by atoms with Crippen molar-refractivity contribution in [3.63, 3.8) is 0 Å². The van der Waals surface area contributed by atoms with E-state index in [2.05, 4.69) is 22.8 Å². The second-order valence-electron chi connectivity index (χ2n) is 3.53. The lowest BCUT2D eigenvalue weighted by Gasteiger charge is -2.05. The first-order valence-electron chi connectivity index (χ1n) is 5.55. The van der Waals surface area contributed by atoms with Crippen molar-refractivity contribution in [2.45, 2.75) is 19.8 Å². The fourth-order valence-corrected chi connectivity index (χ4v) is 1.33. The highest BCUT2D eigenvalue weighted by molar-refractivity contribution is 7.80. The maximum Gasteiger partial charge on any atom is 0.186 e. The Morgan fingerprint density at radius 1 is 1.53 bits per heavy atom. The van der Waals surface area contributed by atoms with Gasteiger partial charge >= 0.3 is 0 Å². The molecule has 0 aliphatic carbocycles. The lowest BCUT2D eigenvalue weighted by atomic mass is 10.2. The van der Waals surface area contributed by atoms with Crippen LogP contribution in [-0.2, 0) is 0 Å². The predicted octanol–water partition coefficient (Wildman–Crippen LogP) is 2.42. The molecule has 2 N–H and O–H groups in total. The van der Waals surface area contributed by atoms with Crippen LogP contribution in [0.25, 0.3) is 0 Å². The maximum absolute atomic E-state index is 12.8. The molecule has 1 rings (SSSR count). The first-order chi connectivity index (χ1) is 8.22. The number of thiocarbonyl (C=S) groups is 1. The van der Waals surface area contributed by atoms with Crippen LogP contribution in [0.2, 0.25) is 0 Å². The number of nitrogens with one attached hydrogen (secondary N) is 2. The van der Waals surface area contributed by atoms with Gasteiger partial charge in [-0.25, -0.2) is 4.39 Å². The Balaban J connectivity index is 2.32. The summed E-state index contributed by atoms with van der Waals surface area (Å²) in [5.74, 6) is -0.280. The van der Waals surface area contributed by atoms with Crippen molar-refractivity contribution in [1.82, 2.24) is 10.7 Å². The second kappa shape index (κ2) is 7.73. The molecule has 92 valence electrons. The summed E-state index contributed by atoms with van der Waals surface area (Å²) >= 11 is 5.00. The van der Waals surface area contributed by atoms with Crippen LogP contribution in [0.15, 0.2) is 29.4 Å². The molecule has 0 aliphatic heterocycles. The minimum Gasteiger partial charge on any atom is -0.361 e. The van der Waals surface area contributed by atoms with E-state index in [9.17, 15) is 4.39 Å². The van der Waals surface area contributed by atoms with Crippen LogP contribution in [0, 0.1) is 5.82 Å². The molecule has 0 amide bonds. The average molecular weight is 253 g/mol. The standard InChI is InChI=1S/C12H16FN3S/c1-2-3-7-14-12(17)16-15-9-10-5-4-6-11(13)8-10/h4-6,8-9H,2-3,7H2,1H3,(H2,14,16,17)/b15-9-. The third kappa shape index (κ3) is 5.97. The molecule has 3 nitrogen and oxygen atoms in total. The minimum absolute atomic E-state index is 0.280. The number of hydrogen-bond acceptors (Lipinski definition) is 2. The summed E-state index contributed by atoms with van der Waals surface area (Å²) in [5.41, 5.74) is 3.37. The molecule has 5 heteroatoms. The van der Waals surface area contributed by atoms with E-state index in [1.54, 1.807) is 12.1 Å². The number of benzene rings is 1. The van der Waals surface area contributed by atoms with E-state index in [1.807, 2.05) is 0 Å².